The highest BCUT2D eigenvalue weighted by atomic mass is 32.2. The average molecular weight is 511 g/mol. The number of rotatable bonds is 7. The molecule has 3 aliphatic rings. The van der Waals surface area contributed by atoms with Gasteiger partial charge in [-0.15, -0.1) is 0 Å². The molecule has 2 aromatic rings. The van der Waals surface area contributed by atoms with Crippen molar-refractivity contribution in [3.8, 4) is 11.1 Å². The number of nitrogens with zero attached hydrogens (tertiary/aromatic N) is 1. The molecule has 1 saturated heterocycles. The number of likely N-dealkylation sites (tertiary alicyclic amines) is 1. The van der Waals surface area contributed by atoms with Crippen LogP contribution < -0.4 is 4.72 Å². The van der Waals surface area contributed by atoms with Crippen LogP contribution in [0.15, 0.2) is 48.5 Å². The van der Waals surface area contributed by atoms with Gasteiger partial charge in [0.05, 0.1) is 6.04 Å². The van der Waals surface area contributed by atoms with E-state index in [-0.39, 0.29) is 37.3 Å². The number of amides is 1. The molecular formula is C25H26F4N2O3S. The highest BCUT2D eigenvalue weighted by Crippen LogP contribution is 2.56. The first-order valence-corrected chi connectivity index (χ1v) is 13.2. The maximum Gasteiger partial charge on any atom is 0.350 e. The van der Waals surface area contributed by atoms with Gasteiger partial charge in [-0.2, -0.15) is 8.78 Å². The van der Waals surface area contributed by atoms with Gasteiger partial charge in [-0.25, -0.2) is 21.9 Å². The number of carbonyl (C=O) groups is 1. The van der Waals surface area contributed by atoms with Gasteiger partial charge >= 0.3 is 5.76 Å². The van der Waals surface area contributed by atoms with Crippen molar-refractivity contribution in [3.05, 3.63) is 59.9 Å². The molecule has 35 heavy (non-hydrogen) atoms. The summed E-state index contributed by atoms with van der Waals surface area (Å²) in [6, 6.07) is 11.9. The quantitative estimate of drug-likeness (QED) is 0.566. The highest BCUT2D eigenvalue weighted by Gasteiger charge is 2.62. The van der Waals surface area contributed by atoms with Crippen molar-refractivity contribution >= 4 is 15.9 Å². The van der Waals surface area contributed by atoms with Gasteiger partial charge in [0.1, 0.15) is 12.0 Å². The van der Waals surface area contributed by atoms with Crippen LogP contribution in [0.5, 0.6) is 0 Å². The van der Waals surface area contributed by atoms with Crippen LogP contribution in [0.3, 0.4) is 0 Å². The lowest BCUT2D eigenvalue weighted by molar-refractivity contribution is -0.141. The van der Waals surface area contributed by atoms with Crippen molar-refractivity contribution < 1.29 is 30.8 Å². The lowest BCUT2D eigenvalue weighted by atomic mass is 9.82. The molecule has 1 heterocycles. The minimum Gasteiger partial charge on any atom is -0.337 e. The molecular weight excluding hydrogens is 484 g/mol. The summed E-state index contributed by atoms with van der Waals surface area (Å²) in [6.07, 6.45) is 0.176. The summed E-state index contributed by atoms with van der Waals surface area (Å²) in [7, 11) is -4.94. The van der Waals surface area contributed by atoms with Gasteiger partial charge in [-0.1, -0.05) is 48.5 Å². The zero-order valence-corrected chi connectivity index (χ0v) is 19.7. The Hall–Kier alpha value is -2.46. The highest BCUT2D eigenvalue weighted by molar-refractivity contribution is 7.89. The standard InChI is InChI=1S/C25H26F4N2O3S/c26-18-11-17(12-18)23(32)31-14-25(9-10-25)22(30-35(33,34)24(28)29)20(31)13-16-7-4-8-19(21(16)27)15-5-2-1-3-6-15/h1-8,17-18,20,22,24,30H,9-14H2/t17?,18?,20-,22+/m0/s1. The zero-order valence-electron chi connectivity index (χ0n) is 18.8. The van der Waals surface area contributed by atoms with E-state index in [1.807, 2.05) is 6.07 Å². The molecule has 1 spiro atoms. The Bertz CT molecular complexity index is 1210. The number of nitrogens with one attached hydrogen (secondary N) is 1. The molecule has 5 nitrogen and oxygen atoms in total. The fourth-order valence-electron chi connectivity index (χ4n) is 5.46. The second-order valence-electron chi connectivity index (χ2n) is 9.91. The van der Waals surface area contributed by atoms with E-state index in [0.717, 1.165) is 0 Å². The van der Waals surface area contributed by atoms with Crippen molar-refractivity contribution in [2.24, 2.45) is 11.3 Å². The van der Waals surface area contributed by atoms with Crippen LogP contribution in [0.25, 0.3) is 11.1 Å². The van der Waals surface area contributed by atoms with E-state index >= 15 is 4.39 Å². The van der Waals surface area contributed by atoms with Crippen LogP contribution in [0.2, 0.25) is 0 Å². The predicted octanol–water partition coefficient (Wildman–Crippen LogP) is 4.28. The molecule has 2 aromatic carbocycles. The van der Waals surface area contributed by atoms with Crippen molar-refractivity contribution in [3.63, 3.8) is 0 Å². The van der Waals surface area contributed by atoms with E-state index in [9.17, 15) is 26.4 Å². The topological polar surface area (TPSA) is 66.5 Å². The van der Waals surface area contributed by atoms with Crippen LogP contribution in [-0.2, 0) is 21.2 Å². The maximum atomic E-state index is 15.6. The van der Waals surface area contributed by atoms with Gasteiger partial charge in [0.25, 0.3) is 10.0 Å². The zero-order chi connectivity index (χ0) is 25.0. The third-order valence-corrected chi connectivity index (χ3v) is 8.71. The van der Waals surface area contributed by atoms with Crippen LogP contribution in [0.4, 0.5) is 17.6 Å². The van der Waals surface area contributed by atoms with Crippen LogP contribution in [0, 0.1) is 17.2 Å². The normalized spacial score (nSPS) is 27.3. The first kappa shape index (κ1) is 24.2. The van der Waals surface area contributed by atoms with E-state index in [2.05, 4.69) is 4.72 Å². The SMILES string of the molecule is O=C(C1CC(F)C1)N1CC2(CC2)[C@H](NS(=O)(=O)C(F)F)[C@@H]1Cc1cccc(-c2ccccc2)c1F. The minimum atomic E-state index is -4.94. The summed E-state index contributed by atoms with van der Waals surface area (Å²) in [4.78, 5) is 14.7. The van der Waals surface area contributed by atoms with Crippen LogP contribution in [0.1, 0.15) is 31.2 Å². The molecule has 10 heteroatoms. The molecule has 2 aliphatic carbocycles. The van der Waals surface area contributed by atoms with E-state index < -0.39 is 51.2 Å². The van der Waals surface area contributed by atoms with Gasteiger partial charge in [-0.05, 0) is 43.2 Å². The first-order valence-electron chi connectivity index (χ1n) is 11.7. The molecule has 0 radical (unpaired) electrons. The second kappa shape index (κ2) is 8.89. The Balaban J connectivity index is 1.50. The number of hydrogen-bond donors (Lipinski definition) is 1. The van der Waals surface area contributed by atoms with Crippen LogP contribution in [-0.4, -0.2) is 49.8 Å². The van der Waals surface area contributed by atoms with Gasteiger partial charge < -0.3 is 4.90 Å². The number of hydrogen-bond acceptors (Lipinski definition) is 3. The fourth-order valence-corrected chi connectivity index (χ4v) is 6.33. The summed E-state index contributed by atoms with van der Waals surface area (Å²) in [5, 5.41) is 0. The predicted molar refractivity (Wildman–Crippen MR) is 122 cm³/mol. The number of benzene rings is 2. The molecule has 1 amide bonds. The molecule has 5 rings (SSSR count). The summed E-state index contributed by atoms with van der Waals surface area (Å²) >= 11 is 0. The summed E-state index contributed by atoms with van der Waals surface area (Å²) in [5.74, 6) is -4.99. The van der Waals surface area contributed by atoms with Crippen molar-refractivity contribution in [2.75, 3.05) is 6.54 Å². The summed E-state index contributed by atoms with van der Waals surface area (Å²) < 4.78 is 82.0. The van der Waals surface area contributed by atoms with Crippen molar-refractivity contribution in [2.45, 2.75) is 56.1 Å². The van der Waals surface area contributed by atoms with Gasteiger partial charge in [0.15, 0.2) is 0 Å². The van der Waals surface area contributed by atoms with Gasteiger partial charge in [-0.3, -0.25) is 4.79 Å². The van der Waals surface area contributed by atoms with E-state index in [4.69, 9.17) is 0 Å². The number of alkyl halides is 3. The lowest BCUT2D eigenvalue weighted by Gasteiger charge is -2.36. The third-order valence-electron chi connectivity index (χ3n) is 7.65. The Morgan fingerprint density at radius 1 is 1.09 bits per heavy atom. The van der Waals surface area contributed by atoms with E-state index in [1.54, 1.807) is 42.5 Å². The first-order chi connectivity index (χ1) is 16.6. The third kappa shape index (κ3) is 4.46. The van der Waals surface area contributed by atoms with Gasteiger partial charge in [0, 0.05) is 29.5 Å². The smallest absolute Gasteiger partial charge is 0.337 e. The summed E-state index contributed by atoms with van der Waals surface area (Å²) in [5.41, 5.74) is 0.590. The van der Waals surface area contributed by atoms with Gasteiger partial charge in [0.2, 0.25) is 5.91 Å². The Labute approximate surface area is 201 Å². The number of sulfonamides is 1. The largest absolute Gasteiger partial charge is 0.350 e. The molecule has 2 atom stereocenters. The molecule has 0 unspecified atom stereocenters. The molecule has 188 valence electrons. The van der Waals surface area contributed by atoms with Crippen molar-refractivity contribution in [1.29, 1.82) is 0 Å². The Kier molecular flexibility index (Phi) is 6.15. The number of carbonyl (C=O) groups excluding carboxylic acids is 1. The average Bonchev–Trinajstić information content (AvgIpc) is 3.53. The molecule has 3 fully saturated rings. The Morgan fingerprint density at radius 3 is 2.37 bits per heavy atom. The summed E-state index contributed by atoms with van der Waals surface area (Å²) in [6.45, 7) is 0.181. The molecule has 2 saturated carbocycles. The monoisotopic (exact) mass is 510 g/mol. The minimum absolute atomic E-state index is 0.0534. The lowest BCUT2D eigenvalue weighted by Crippen LogP contribution is -2.52. The van der Waals surface area contributed by atoms with Crippen LogP contribution >= 0.6 is 0 Å². The fraction of sp³-hybridized carbons (Fsp3) is 0.480. The molecule has 1 N–H and O–H groups in total. The second-order valence-corrected chi connectivity index (χ2v) is 11.6. The number of halogens is 4. The molecule has 0 aromatic heterocycles. The molecule has 0 bridgehead atoms. The maximum absolute atomic E-state index is 15.6. The van der Waals surface area contributed by atoms with E-state index in [1.165, 1.54) is 4.90 Å². The Morgan fingerprint density at radius 2 is 1.77 bits per heavy atom. The van der Waals surface area contributed by atoms with Crippen molar-refractivity contribution in [1.82, 2.24) is 9.62 Å². The molecule has 1 aliphatic heterocycles. The van der Waals surface area contributed by atoms with E-state index in [0.29, 0.717) is 24.0 Å².